The molecule has 0 bridgehead atoms. The fourth-order valence-electron chi connectivity index (χ4n) is 2.61. The first kappa shape index (κ1) is 15.4. The molecule has 0 aromatic heterocycles. The molecule has 94 valence electrons. The molecule has 2 atom stereocenters. The number of unbranched alkanes of at least 4 members (excludes halogenated alkanes) is 3. The van der Waals surface area contributed by atoms with Crippen LogP contribution in [-0.2, 0) is 0 Å². The third-order valence-corrected chi connectivity index (χ3v) is 3.58. The predicted molar refractivity (Wildman–Crippen MR) is 67.7 cm³/mol. The minimum atomic E-state index is 1.06. The fourth-order valence-corrected chi connectivity index (χ4v) is 2.61. The lowest BCUT2D eigenvalue weighted by Crippen LogP contribution is -3.10. The van der Waals surface area contributed by atoms with Crippen molar-refractivity contribution in [2.45, 2.75) is 58.8 Å². The van der Waals surface area contributed by atoms with Gasteiger partial charge in [0.1, 0.15) is 0 Å². The van der Waals surface area contributed by atoms with Crippen LogP contribution in [0, 0.1) is 17.8 Å². The quantitative estimate of drug-likeness (QED) is 0.522. The van der Waals surface area contributed by atoms with Gasteiger partial charge in [0.2, 0.25) is 0 Å². The largest absolute Gasteiger partial charge is 0.512 e. The van der Waals surface area contributed by atoms with Crippen molar-refractivity contribution in [1.29, 1.82) is 5.26 Å². The molecular weight excluding hydrogens is 196 g/mol. The number of quaternary nitrogens is 1. The summed E-state index contributed by atoms with van der Waals surface area (Å²) in [4.78, 5) is 1.89. The highest BCUT2D eigenvalue weighted by Gasteiger charge is 2.24. The Balaban J connectivity index is 0.00000106. The van der Waals surface area contributed by atoms with Crippen LogP contribution >= 0.6 is 0 Å². The van der Waals surface area contributed by atoms with Gasteiger partial charge >= 0.3 is 0 Å². The third kappa shape index (κ3) is 6.85. The molecular formula is C14H28N2. The van der Waals surface area contributed by atoms with Crippen molar-refractivity contribution >= 4 is 0 Å². The van der Waals surface area contributed by atoms with Gasteiger partial charge in [0.15, 0.2) is 0 Å². The van der Waals surface area contributed by atoms with Crippen LogP contribution in [0.5, 0.6) is 0 Å². The number of hydrogen-bond donors (Lipinski definition) is 1. The smallest absolute Gasteiger partial charge is 0.0801 e. The molecule has 0 spiro atoms. The van der Waals surface area contributed by atoms with Crippen molar-refractivity contribution in [1.82, 2.24) is 0 Å². The summed E-state index contributed by atoms with van der Waals surface area (Å²) >= 11 is 0. The minimum absolute atomic E-state index is 1.06. The SMILES string of the molecule is CCCCC[NH+]1CCC(CCCC)C1.[C-]#N. The van der Waals surface area contributed by atoms with Gasteiger partial charge in [0.25, 0.3) is 0 Å². The minimum Gasteiger partial charge on any atom is -0.512 e. The Bertz CT molecular complexity index is 165. The van der Waals surface area contributed by atoms with Crippen LogP contribution in [0.1, 0.15) is 58.8 Å². The summed E-state index contributed by atoms with van der Waals surface area (Å²) in [6.45, 7) is 13.7. The molecule has 2 unspecified atom stereocenters. The summed E-state index contributed by atoms with van der Waals surface area (Å²) in [5.41, 5.74) is 0. The zero-order valence-corrected chi connectivity index (χ0v) is 11.1. The normalized spacial score (nSPS) is 23.8. The van der Waals surface area contributed by atoms with E-state index in [4.69, 9.17) is 11.8 Å². The van der Waals surface area contributed by atoms with Crippen LogP contribution < -0.4 is 4.90 Å². The predicted octanol–water partition coefficient (Wildman–Crippen LogP) is 2.37. The molecule has 0 amide bonds. The van der Waals surface area contributed by atoms with Crippen molar-refractivity contribution in [3.05, 3.63) is 6.57 Å². The Labute approximate surface area is 102 Å². The van der Waals surface area contributed by atoms with Gasteiger partial charge in [-0.3, -0.25) is 0 Å². The van der Waals surface area contributed by atoms with Crippen LogP contribution in [0.4, 0.5) is 0 Å². The molecule has 2 nitrogen and oxygen atoms in total. The Kier molecular flexibility index (Phi) is 10.6. The van der Waals surface area contributed by atoms with E-state index < -0.39 is 0 Å². The van der Waals surface area contributed by atoms with Crippen molar-refractivity contribution in [3.63, 3.8) is 0 Å². The molecule has 1 fully saturated rings. The first-order valence-corrected chi connectivity index (χ1v) is 6.92. The second-order valence-electron chi connectivity index (χ2n) is 4.96. The van der Waals surface area contributed by atoms with Gasteiger partial charge in [-0.15, -0.1) is 0 Å². The van der Waals surface area contributed by atoms with E-state index in [0.29, 0.717) is 0 Å². The highest BCUT2D eigenvalue weighted by molar-refractivity contribution is 4.62. The lowest BCUT2D eigenvalue weighted by atomic mass is 10.0. The maximum absolute atomic E-state index is 6.25. The summed E-state index contributed by atoms with van der Waals surface area (Å²) in [6.07, 6.45) is 10.1. The molecule has 1 rings (SSSR count). The van der Waals surface area contributed by atoms with E-state index in [1.807, 2.05) is 4.90 Å². The molecule has 1 saturated heterocycles. The highest BCUT2D eigenvalue weighted by atomic mass is 15.1. The van der Waals surface area contributed by atoms with Gasteiger partial charge in [0.05, 0.1) is 19.6 Å². The number of hydrogen-bond acceptors (Lipinski definition) is 1. The second-order valence-corrected chi connectivity index (χ2v) is 4.96. The standard InChI is InChI=1S/C13H27N.CN/c1-3-5-7-10-14-11-9-13(12-14)8-6-4-2;1-2/h13H,3-12H2,1-2H3;/q;-1/p+1. The zero-order chi connectivity index (χ0) is 12.2. The average molecular weight is 224 g/mol. The van der Waals surface area contributed by atoms with E-state index in [9.17, 15) is 0 Å². The molecule has 1 aliphatic heterocycles. The van der Waals surface area contributed by atoms with Crippen LogP contribution in [-0.4, -0.2) is 19.6 Å². The fraction of sp³-hybridized carbons (Fsp3) is 0.929. The molecule has 0 aromatic carbocycles. The molecule has 0 aliphatic carbocycles. The number of likely N-dealkylation sites (tertiary alicyclic amines) is 1. The van der Waals surface area contributed by atoms with Gasteiger partial charge < -0.3 is 16.7 Å². The van der Waals surface area contributed by atoms with Crippen LogP contribution in [0.2, 0.25) is 0 Å². The number of rotatable bonds is 7. The Hall–Kier alpha value is -0.550. The highest BCUT2D eigenvalue weighted by Crippen LogP contribution is 2.13. The number of nitrogens with one attached hydrogen (secondary N) is 1. The average Bonchev–Trinajstić information content (AvgIpc) is 2.77. The van der Waals surface area contributed by atoms with E-state index in [1.54, 1.807) is 0 Å². The van der Waals surface area contributed by atoms with E-state index in [1.165, 1.54) is 64.6 Å². The van der Waals surface area contributed by atoms with Crippen molar-refractivity contribution in [3.8, 4) is 0 Å². The molecule has 2 heteroatoms. The summed E-state index contributed by atoms with van der Waals surface area (Å²) in [5.74, 6) is 1.06. The lowest BCUT2D eigenvalue weighted by molar-refractivity contribution is -0.889. The molecule has 0 aromatic rings. The zero-order valence-electron chi connectivity index (χ0n) is 11.1. The second kappa shape index (κ2) is 11.0. The number of nitrogens with zero attached hydrogens (tertiary/aromatic N) is 1. The van der Waals surface area contributed by atoms with E-state index in [2.05, 4.69) is 13.8 Å². The van der Waals surface area contributed by atoms with Gasteiger partial charge in [-0.25, -0.2) is 0 Å². The van der Waals surface area contributed by atoms with Crippen molar-refractivity contribution in [2.24, 2.45) is 5.92 Å². The monoisotopic (exact) mass is 224 g/mol. The summed E-state index contributed by atoms with van der Waals surface area (Å²) < 4.78 is 0. The molecule has 0 radical (unpaired) electrons. The molecule has 16 heavy (non-hydrogen) atoms. The molecule has 1 heterocycles. The van der Waals surface area contributed by atoms with Gasteiger partial charge in [0, 0.05) is 12.3 Å². The third-order valence-electron chi connectivity index (χ3n) is 3.58. The van der Waals surface area contributed by atoms with Crippen LogP contribution in [0.3, 0.4) is 0 Å². The van der Waals surface area contributed by atoms with Crippen molar-refractivity contribution < 1.29 is 4.90 Å². The summed E-state index contributed by atoms with van der Waals surface area (Å²) in [5, 5.41) is 6.25. The lowest BCUT2D eigenvalue weighted by Gasteiger charge is -2.12. The Morgan fingerprint density at radius 1 is 1.12 bits per heavy atom. The maximum atomic E-state index is 6.25. The van der Waals surface area contributed by atoms with Crippen LogP contribution in [0.15, 0.2) is 0 Å². The van der Waals surface area contributed by atoms with E-state index >= 15 is 0 Å². The van der Waals surface area contributed by atoms with Gasteiger partial charge in [-0.05, 0) is 19.3 Å². The molecule has 0 saturated carbocycles. The topological polar surface area (TPSA) is 28.2 Å². The van der Waals surface area contributed by atoms with Gasteiger partial charge in [-0.2, -0.15) is 0 Å². The summed E-state index contributed by atoms with van der Waals surface area (Å²) in [6, 6.07) is 0. The maximum Gasteiger partial charge on any atom is 0.0801 e. The first-order valence-electron chi connectivity index (χ1n) is 6.92. The molecule has 1 aliphatic rings. The van der Waals surface area contributed by atoms with E-state index in [-0.39, 0.29) is 0 Å². The van der Waals surface area contributed by atoms with Gasteiger partial charge in [-0.1, -0.05) is 33.1 Å². The van der Waals surface area contributed by atoms with Crippen molar-refractivity contribution in [2.75, 3.05) is 19.6 Å². The Morgan fingerprint density at radius 2 is 1.81 bits per heavy atom. The molecule has 1 N–H and O–H groups in total. The van der Waals surface area contributed by atoms with Crippen LogP contribution in [0.25, 0.3) is 0 Å². The Morgan fingerprint density at radius 3 is 2.44 bits per heavy atom. The first-order chi connectivity index (χ1) is 7.86. The van der Waals surface area contributed by atoms with E-state index in [0.717, 1.165) is 5.92 Å². The summed E-state index contributed by atoms with van der Waals surface area (Å²) in [7, 11) is 0.